The first kappa shape index (κ1) is 36.7. The van der Waals surface area contributed by atoms with Crippen LogP contribution in [0.25, 0.3) is 6.08 Å². The summed E-state index contributed by atoms with van der Waals surface area (Å²) >= 11 is 2.69. The summed E-state index contributed by atoms with van der Waals surface area (Å²) in [7, 11) is 1.33. The average molecular weight is 747 g/mol. The molecule has 0 saturated heterocycles. The lowest BCUT2D eigenvalue weighted by Gasteiger charge is -2.18. The van der Waals surface area contributed by atoms with Gasteiger partial charge in [-0.15, -0.1) is 23.1 Å². The molecular weight excluding hydrogens is 713 g/mol. The van der Waals surface area contributed by atoms with E-state index in [0.717, 1.165) is 41.7 Å². The summed E-state index contributed by atoms with van der Waals surface area (Å²) in [5.74, 6) is -1.95. The Bertz CT molecular complexity index is 2190. The van der Waals surface area contributed by atoms with Gasteiger partial charge in [0.1, 0.15) is 15.9 Å². The second-order valence-corrected chi connectivity index (χ2v) is 14.3. The highest BCUT2D eigenvalue weighted by Gasteiger charge is 2.30. The maximum atomic E-state index is 14.1. The van der Waals surface area contributed by atoms with Gasteiger partial charge >= 0.3 is 5.97 Å². The summed E-state index contributed by atoms with van der Waals surface area (Å²) in [5, 5.41) is 19.4. The summed E-state index contributed by atoms with van der Waals surface area (Å²) in [4.78, 5) is 66.1. The summed E-state index contributed by atoms with van der Waals surface area (Å²) in [6, 6.07) is 30.2. The van der Waals surface area contributed by atoms with E-state index in [9.17, 15) is 29.3 Å². The molecule has 13 heteroatoms. The first-order chi connectivity index (χ1) is 25.7. The van der Waals surface area contributed by atoms with Crippen LogP contribution in [0.3, 0.4) is 0 Å². The van der Waals surface area contributed by atoms with Crippen LogP contribution in [-0.2, 0) is 27.2 Å². The van der Waals surface area contributed by atoms with Crippen molar-refractivity contribution in [2.45, 2.75) is 35.8 Å². The van der Waals surface area contributed by atoms with Crippen LogP contribution in [0.1, 0.15) is 60.4 Å². The largest absolute Gasteiger partial charge is 0.465 e. The molecule has 1 unspecified atom stereocenters. The van der Waals surface area contributed by atoms with Crippen LogP contribution in [0.5, 0.6) is 0 Å². The minimum atomic E-state index is -0.727. The minimum absolute atomic E-state index is 0.0904. The standard InChI is InChI=1S/C40H34N4O7S2/c1-51-40(48)34-31-17-8-9-18-33(31)53-39(34)43-38(47)35(26-11-4-2-5-12-26)52-30-16-10-15-28(24-30)41-37(46)32(42-36(45)27-13-6-3-7-14-27)23-25-19-21-29(22-20-25)44(49)50/h2-7,10-16,19-24,35H,8-9,17-18H2,1H3,(H,41,46)(H,42,45)(H,43,47)/b32-23+. The predicted molar refractivity (Wildman–Crippen MR) is 206 cm³/mol. The van der Waals surface area contributed by atoms with Crippen molar-refractivity contribution < 1.29 is 28.8 Å². The lowest BCUT2D eigenvalue weighted by Crippen LogP contribution is -2.30. The third kappa shape index (κ3) is 9.07. The number of carbonyl (C=O) groups excluding carboxylic acids is 4. The molecular formula is C40H34N4O7S2. The van der Waals surface area contributed by atoms with E-state index in [1.807, 2.05) is 36.4 Å². The fraction of sp³-hybridized carbons (Fsp3) is 0.150. The van der Waals surface area contributed by atoms with Gasteiger partial charge in [-0.05, 0) is 90.9 Å². The molecule has 0 radical (unpaired) electrons. The molecule has 3 amide bonds. The second-order valence-electron chi connectivity index (χ2n) is 12.0. The highest BCUT2D eigenvalue weighted by Crippen LogP contribution is 2.41. The topological polar surface area (TPSA) is 157 Å². The number of nitrogens with zero attached hydrogens (tertiary/aromatic N) is 1. The SMILES string of the molecule is COC(=O)c1c(NC(=O)C(Sc2cccc(NC(=O)/C(=C\c3ccc([N+](=O)[O-])cc3)NC(=O)c3ccccc3)c2)c2ccccc2)sc2c1CCCC2. The molecule has 4 aromatic carbocycles. The van der Waals surface area contributed by atoms with Gasteiger partial charge in [0.15, 0.2) is 0 Å². The number of fused-ring (bicyclic) bond motifs is 1. The number of methoxy groups -OCH3 is 1. The molecule has 1 aliphatic carbocycles. The molecule has 11 nitrogen and oxygen atoms in total. The Kier molecular flexibility index (Phi) is 11.8. The zero-order valence-corrected chi connectivity index (χ0v) is 30.1. The van der Waals surface area contributed by atoms with Crippen LogP contribution in [0.4, 0.5) is 16.4 Å². The van der Waals surface area contributed by atoms with Crippen molar-refractivity contribution in [3.05, 3.63) is 158 Å². The molecule has 1 heterocycles. The molecule has 0 saturated carbocycles. The Morgan fingerprint density at radius 3 is 2.26 bits per heavy atom. The number of nitrogens with one attached hydrogen (secondary N) is 3. The molecule has 0 aliphatic heterocycles. The van der Waals surface area contributed by atoms with Crippen LogP contribution in [0.2, 0.25) is 0 Å². The fourth-order valence-electron chi connectivity index (χ4n) is 5.83. The number of nitro benzene ring substituents is 1. The minimum Gasteiger partial charge on any atom is -0.465 e. The van der Waals surface area contributed by atoms with Crippen LogP contribution in [0.15, 0.2) is 120 Å². The predicted octanol–water partition coefficient (Wildman–Crippen LogP) is 8.20. The number of carbonyl (C=O) groups is 4. The number of benzene rings is 4. The quantitative estimate of drug-likeness (QED) is 0.0379. The van der Waals surface area contributed by atoms with Crippen molar-refractivity contribution in [2.75, 3.05) is 17.7 Å². The molecule has 6 rings (SSSR count). The molecule has 5 aromatic rings. The monoisotopic (exact) mass is 746 g/mol. The van der Waals surface area contributed by atoms with Gasteiger partial charge in [-0.1, -0.05) is 54.6 Å². The molecule has 53 heavy (non-hydrogen) atoms. The Morgan fingerprint density at radius 1 is 0.868 bits per heavy atom. The van der Waals surface area contributed by atoms with E-state index in [4.69, 9.17) is 4.74 Å². The van der Waals surface area contributed by atoms with Gasteiger partial charge in [-0.25, -0.2) is 4.79 Å². The molecule has 0 bridgehead atoms. The van der Waals surface area contributed by atoms with Gasteiger partial charge < -0.3 is 20.7 Å². The zero-order valence-electron chi connectivity index (χ0n) is 28.5. The van der Waals surface area contributed by atoms with Crippen LogP contribution in [0, 0.1) is 10.1 Å². The molecule has 3 N–H and O–H groups in total. The Morgan fingerprint density at radius 2 is 1.57 bits per heavy atom. The van der Waals surface area contributed by atoms with E-state index in [1.54, 1.807) is 48.5 Å². The number of amides is 3. The number of thiophene rings is 1. The van der Waals surface area contributed by atoms with Gasteiger partial charge in [0.2, 0.25) is 5.91 Å². The fourth-order valence-corrected chi connectivity index (χ4v) is 8.20. The van der Waals surface area contributed by atoms with E-state index < -0.39 is 28.0 Å². The number of ether oxygens (including phenoxy) is 1. The normalized spacial score (nSPS) is 12.9. The molecule has 1 atom stereocenters. The zero-order chi connectivity index (χ0) is 37.3. The summed E-state index contributed by atoms with van der Waals surface area (Å²) in [6.45, 7) is 0. The van der Waals surface area contributed by atoms with Crippen LogP contribution < -0.4 is 16.0 Å². The van der Waals surface area contributed by atoms with Crippen molar-refractivity contribution in [2.24, 2.45) is 0 Å². The Balaban J connectivity index is 1.25. The first-order valence-corrected chi connectivity index (χ1v) is 18.4. The lowest BCUT2D eigenvalue weighted by atomic mass is 9.95. The molecule has 0 spiro atoms. The number of aryl methyl sites for hydroxylation is 1. The van der Waals surface area contributed by atoms with Gasteiger partial charge in [-0.2, -0.15) is 0 Å². The van der Waals surface area contributed by atoms with Gasteiger partial charge in [0.05, 0.1) is 17.6 Å². The van der Waals surface area contributed by atoms with Crippen molar-refractivity contribution in [3.8, 4) is 0 Å². The van der Waals surface area contributed by atoms with Gasteiger partial charge in [0, 0.05) is 33.2 Å². The number of rotatable bonds is 12. The van der Waals surface area contributed by atoms with Crippen molar-refractivity contribution >= 4 is 69.2 Å². The maximum Gasteiger partial charge on any atom is 0.341 e. The average Bonchev–Trinajstić information content (AvgIpc) is 3.55. The second kappa shape index (κ2) is 17.0. The first-order valence-electron chi connectivity index (χ1n) is 16.7. The third-order valence-corrected chi connectivity index (χ3v) is 10.9. The number of nitro groups is 1. The smallest absolute Gasteiger partial charge is 0.341 e. The van der Waals surface area contributed by atoms with Gasteiger partial charge in [-0.3, -0.25) is 24.5 Å². The van der Waals surface area contributed by atoms with E-state index >= 15 is 0 Å². The summed E-state index contributed by atoms with van der Waals surface area (Å²) in [5.41, 5.74) is 3.08. The molecule has 1 aliphatic rings. The summed E-state index contributed by atoms with van der Waals surface area (Å²) in [6.07, 6.45) is 5.01. The number of thioether (sulfide) groups is 1. The molecule has 1 aromatic heterocycles. The highest BCUT2D eigenvalue weighted by atomic mass is 32.2. The number of esters is 1. The highest BCUT2D eigenvalue weighted by molar-refractivity contribution is 8.00. The maximum absolute atomic E-state index is 14.1. The van der Waals surface area contributed by atoms with E-state index in [0.29, 0.717) is 32.3 Å². The van der Waals surface area contributed by atoms with Gasteiger partial charge in [0.25, 0.3) is 17.5 Å². The van der Waals surface area contributed by atoms with Crippen LogP contribution in [-0.4, -0.2) is 35.7 Å². The molecule has 268 valence electrons. The van der Waals surface area contributed by atoms with Crippen molar-refractivity contribution in [1.29, 1.82) is 0 Å². The van der Waals surface area contributed by atoms with E-state index in [2.05, 4.69) is 16.0 Å². The number of anilines is 2. The summed E-state index contributed by atoms with van der Waals surface area (Å²) < 4.78 is 5.10. The van der Waals surface area contributed by atoms with Crippen molar-refractivity contribution in [1.82, 2.24) is 5.32 Å². The number of non-ortho nitro benzene ring substituents is 1. The van der Waals surface area contributed by atoms with Crippen LogP contribution >= 0.6 is 23.1 Å². The number of hydrogen-bond acceptors (Lipinski definition) is 9. The van der Waals surface area contributed by atoms with Crippen molar-refractivity contribution in [3.63, 3.8) is 0 Å². The molecule has 0 fully saturated rings. The van der Waals surface area contributed by atoms with E-state index in [-0.39, 0.29) is 17.3 Å². The third-order valence-electron chi connectivity index (χ3n) is 8.43. The lowest BCUT2D eigenvalue weighted by molar-refractivity contribution is -0.384. The van der Waals surface area contributed by atoms with E-state index in [1.165, 1.54) is 60.5 Å². The number of hydrogen-bond donors (Lipinski definition) is 3. The Labute approximate surface area is 313 Å². The Hall–Kier alpha value is -6.05.